The van der Waals surface area contributed by atoms with Gasteiger partial charge in [0.2, 0.25) is 5.91 Å². The molecule has 184 valence electrons. The van der Waals surface area contributed by atoms with Gasteiger partial charge >= 0.3 is 0 Å². The van der Waals surface area contributed by atoms with E-state index in [-0.39, 0.29) is 17.4 Å². The van der Waals surface area contributed by atoms with Crippen LogP contribution < -0.4 is 20.5 Å². The standard InChI is InChI=1S/C29H30N4O3/c1-36-24-13-7-11-22(17-24)18-30-28(34)23-12-8-16-32(20-23)27-29(35)33(19-21-9-3-2-4-10-21)26-15-6-5-14-25(26)31-27/h2-7,9-11,13-15,17,23H,8,12,16,18-20H2,1H3,(H,30,34)/t23-/m1/s1. The second-order valence-corrected chi connectivity index (χ2v) is 9.16. The predicted molar refractivity (Wildman–Crippen MR) is 141 cm³/mol. The third-order valence-electron chi connectivity index (χ3n) is 6.71. The Kier molecular flexibility index (Phi) is 6.98. The van der Waals surface area contributed by atoms with Crippen molar-refractivity contribution in [3.05, 3.63) is 100 Å². The summed E-state index contributed by atoms with van der Waals surface area (Å²) < 4.78 is 7.06. The van der Waals surface area contributed by atoms with Gasteiger partial charge in [-0.05, 0) is 48.2 Å². The van der Waals surface area contributed by atoms with Crippen LogP contribution in [0.15, 0.2) is 83.7 Å². The molecule has 36 heavy (non-hydrogen) atoms. The van der Waals surface area contributed by atoms with E-state index in [1.54, 1.807) is 11.7 Å². The molecule has 1 aliphatic heterocycles. The molecule has 1 aromatic heterocycles. The van der Waals surface area contributed by atoms with Gasteiger partial charge in [0.15, 0.2) is 5.82 Å². The number of anilines is 1. The number of amides is 1. The number of aromatic nitrogens is 2. The minimum absolute atomic E-state index is 0.00656. The molecule has 5 rings (SSSR count). The van der Waals surface area contributed by atoms with Crippen LogP contribution in [0.4, 0.5) is 5.82 Å². The summed E-state index contributed by atoms with van der Waals surface area (Å²) in [6.07, 6.45) is 1.61. The number of nitrogens with zero attached hydrogens (tertiary/aromatic N) is 3. The molecule has 7 heteroatoms. The zero-order valence-electron chi connectivity index (χ0n) is 20.4. The number of rotatable bonds is 7. The zero-order valence-corrected chi connectivity index (χ0v) is 20.4. The van der Waals surface area contributed by atoms with Crippen LogP contribution in [0.3, 0.4) is 0 Å². The number of carbonyl (C=O) groups excluding carboxylic acids is 1. The van der Waals surface area contributed by atoms with Gasteiger partial charge < -0.3 is 15.0 Å². The van der Waals surface area contributed by atoms with E-state index in [2.05, 4.69) is 5.32 Å². The summed E-state index contributed by atoms with van der Waals surface area (Å²) in [5.41, 5.74) is 3.48. The SMILES string of the molecule is COc1cccc(CNC(=O)[C@@H]2CCCN(c3nc4ccccc4n(Cc4ccccc4)c3=O)C2)c1. The normalized spacial score (nSPS) is 15.6. The van der Waals surface area contributed by atoms with Crippen LogP contribution in [0.25, 0.3) is 11.0 Å². The van der Waals surface area contributed by atoms with Crippen molar-refractivity contribution < 1.29 is 9.53 Å². The fraction of sp³-hybridized carbons (Fsp3) is 0.276. The lowest BCUT2D eigenvalue weighted by molar-refractivity contribution is -0.125. The Hall–Kier alpha value is -4.13. The first-order valence-corrected chi connectivity index (χ1v) is 12.3. The van der Waals surface area contributed by atoms with Gasteiger partial charge in [-0.1, -0.05) is 54.6 Å². The van der Waals surface area contributed by atoms with Crippen LogP contribution in [0, 0.1) is 5.92 Å². The molecule has 1 saturated heterocycles. The van der Waals surface area contributed by atoms with Crippen molar-refractivity contribution >= 4 is 22.8 Å². The Morgan fingerprint density at radius 1 is 1.03 bits per heavy atom. The summed E-state index contributed by atoms with van der Waals surface area (Å²) in [6.45, 7) is 2.07. The maximum Gasteiger partial charge on any atom is 0.294 e. The Labute approximate surface area is 210 Å². The molecule has 1 amide bonds. The fourth-order valence-electron chi connectivity index (χ4n) is 4.81. The molecule has 1 fully saturated rings. The summed E-state index contributed by atoms with van der Waals surface area (Å²) in [7, 11) is 1.63. The number of piperidine rings is 1. The Morgan fingerprint density at radius 2 is 1.81 bits per heavy atom. The Bertz CT molecular complexity index is 1420. The Balaban J connectivity index is 1.37. The minimum atomic E-state index is -0.209. The molecule has 0 saturated carbocycles. The number of hydrogen-bond acceptors (Lipinski definition) is 5. The molecule has 0 aliphatic carbocycles. The van der Waals surface area contributed by atoms with Gasteiger partial charge in [0.1, 0.15) is 5.75 Å². The zero-order chi connectivity index (χ0) is 24.9. The van der Waals surface area contributed by atoms with Crippen molar-refractivity contribution in [2.24, 2.45) is 5.92 Å². The van der Waals surface area contributed by atoms with Crippen molar-refractivity contribution in [2.75, 3.05) is 25.1 Å². The van der Waals surface area contributed by atoms with Crippen LogP contribution in [0.1, 0.15) is 24.0 Å². The van der Waals surface area contributed by atoms with Gasteiger partial charge in [0.25, 0.3) is 5.56 Å². The van der Waals surface area contributed by atoms with Crippen LogP contribution >= 0.6 is 0 Å². The molecule has 0 unspecified atom stereocenters. The predicted octanol–water partition coefficient (Wildman–Crippen LogP) is 3.99. The Morgan fingerprint density at radius 3 is 2.64 bits per heavy atom. The number of carbonyl (C=O) groups is 1. The number of benzene rings is 3. The highest BCUT2D eigenvalue weighted by Crippen LogP contribution is 2.23. The van der Waals surface area contributed by atoms with E-state index in [1.807, 2.05) is 83.8 Å². The van der Waals surface area contributed by atoms with Crippen LogP contribution in [-0.4, -0.2) is 35.7 Å². The van der Waals surface area contributed by atoms with E-state index in [0.717, 1.165) is 40.8 Å². The topological polar surface area (TPSA) is 76.5 Å². The van der Waals surface area contributed by atoms with E-state index >= 15 is 0 Å². The van der Waals surface area contributed by atoms with E-state index < -0.39 is 0 Å². The summed E-state index contributed by atoms with van der Waals surface area (Å²) in [6, 6.07) is 25.4. The summed E-state index contributed by atoms with van der Waals surface area (Å²) in [5, 5.41) is 3.06. The second kappa shape index (κ2) is 10.6. The van der Waals surface area contributed by atoms with Gasteiger partial charge in [-0.15, -0.1) is 0 Å². The molecule has 4 aromatic rings. The van der Waals surface area contributed by atoms with E-state index in [1.165, 1.54) is 0 Å². The van der Waals surface area contributed by atoms with Crippen LogP contribution in [0.5, 0.6) is 5.75 Å². The number of nitrogens with one attached hydrogen (secondary N) is 1. The highest BCUT2D eigenvalue weighted by molar-refractivity contribution is 5.80. The average Bonchev–Trinajstić information content (AvgIpc) is 2.94. The summed E-state index contributed by atoms with van der Waals surface area (Å²) in [5.74, 6) is 0.960. The molecule has 3 aromatic carbocycles. The summed E-state index contributed by atoms with van der Waals surface area (Å²) in [4.78, 5) is 33.5. The van der Waals surface area contributed by atoms with Crippen LogP contribution in [0.2, 0.25) is 0 Å². The molecule has 0 spiro atoms. The van der Waals surface area contributed by atoms with Crippen molar-refractivity contribution in [3.8, 4) is 5.75 Å². The van der Waals surface area contributed by atoms with Gasteiger partial charge in [-0.3, -0.25) is 14.2 Å². The largest absolute Gasteiger partial charge is 0.497 e. The lowest BCUT2D eigenvalue weighted by atomic mass is 9.97. The number of hydrogen-bond donors (Lipinski definition) is 1. The number of fused-ring (bicyclic) bond motifs is 1. The lowest BCUT2D eigenvalue weighted by Gasteiger charge is -2.32. The minimum Gasteiger partial charge on any atom is -0.497 e. The van der Waals surface area contributed by atoms with E-state index in [4.69, 9.17) is 9.72 Å². The first-order chi connectivity index (χ1) is 17.6. The number of para-hydroxylation sites is 2. The molecule has 1 atom stereocenters. The number of methoxy groups -OCH3 is 1. The average molecular weight is 483 g/mol. The second-order valence-electron chi connectivity index (χ2n) is 9.16. The highest BCUT2D eigenvalue weighted by atomic mass is 16.5. The smallest absolute Gasteiger partial charge is 0.294 e. The summed E-state index contributed by atoms with van der Waals surface area (Å²) >= 11 is 0. The monoisotopic (exact) mass is 482 g/mol. The van der Waals surface area contributed by atoms with Gasteiger partial charge in [0, 0.05) is 19.6 Å². The lowest BCUT2D eigenvalue weighted by Crippen LogP contribution is -2.45. The molecule has 0 radical (unpaired) electrons. The first kappa shape index (κ1) is 23.6. The third-order valence-corrected chi connectivity index (χ3v) is 6.71. The fourth-order valence-corrected chi connectivity index (χ4v) is 4.81. The van der Waals surface area contributed by atoms with Gasteiger partial charge in [-0.25, -0.2) is 4.98 Å². The van der Waals surface area contributed by atoms with Crippen LogP contribution in [-0.2, 0) is 17.9 Å². The molecule has 1 N–H and O–H groups in total. The van der Waals surface area contributed by atoms with E-state index in [0.29, 0.717) is 32.0 Å². The third kappa shape index (κ3) is 5.10. The molecular weight excluding hydrogens is 452 g/mol. The molecule has 7 nitrogen and oxygen atoms in total. The van der Waals surface area contributed by atoms with Crippen molar-refractivity contribution in [2.45, 2.75) is 25.9 Å². The van der Waals surface area contributed by atoms with E-state index in [9.17, 15) is 9.59 Å². The molecule has 1 aliphatic rings. The molecule has 0 bridgehead atoms. The highest BCUT2D eigenvalue weighted by Gasteiger charge is 2.28. The van der Waals surface area contributed by atoms with Crippen molar-refractivity contribution in [1.82, 2.24) is 14.9 Å². The van der Waals surface area contributed by atoms with Gasteiger partial charge in [0.05, 0.1) is 30.6 Å². The maximum atomic E-state index is 13.7. The van der Waals surface area contributed by atoms with Crippen molar-refractivity contribution in [3.63, 3.8) is 0 Å². The molecule has 2 heterocycles. The van der Waals surface area contributed by atoms with Crippen molar-refractivity contribution in [1.29, 1.82) is 0 Å². The maximum absolute atomic E-state index is 13.7. The quantitative estimate of drug-likeness (QED) is 0.431. The first-order valence-electron chi connectivity index (χ1n) is 12.3. The molecular formula is C29H30N4O3. The van der Waals surface area contributed by atoms with Gasteiger partial charge in [-0.2, -0.15) is 0 Å². The number of ether oxygens (including phenoxy) is 1.